The number of hydrogen-bond acceptors (Lipinski definition) is 4. The smallest absolute Gasteiger partial charge is 0.323 e. The van der Waals surface area contributed by atoms with Crippen molar-refractivity contribution in [3.05, 3.63) is 25.3 Å². The molecule has 0 heterocycles. The molecule has 17 heavy (non-hydrogen) atoms. The van der Waals surface area contributed by atoms with Crippen LogP contribution < -0.4 is 0 Å². The Labute approximate surface area is 101 Å². The summed E-state index contributed by atoms with van der Waals surface area (Å²) in [6, 6.07) is 0. The molecule has 0 bridgehead atoms. The Morgan fingerprint density at radius 1 is 1.06 bits per heavy atom. The Hall–Kier alpha value is -1.58. The van der Waals surface area contributed by atoms with E-state index in [0.29, 0.717) is 12.8 Å². The standard InChI is InChI=1S/C13H18O4/c1-5-9-7-13(11(14)16-3,12(15)17-4)8-10(9)6-2/h5-6,9-10H,1-2,7-8H2,3-4H3/t9-,10+. The van der Waals surface area contributed by atoms with Crippen molar-refractivity contribution in [1.29, 1.82) is 0 Å². The summed E-state index contributed by atoms with van der Waals surface area (Å²) < 4.78 is 9.48. The number of esters is 2. The lowest BCUT2D eigenvalue weighted by molar-refractivity contribution is -0.168. The van der Waals surface area contributed by atoms with Crippen LogP contribution >= 0.6 is 0 Å². The van der Waals surface area contributed by atoms with Crippen molar-refractivity contribution < 1.29 is 19.1 Å². The van der Waals surface area contributed by atoms with Crippen LogP contribution in [-0.2, 0) is 19.1 Å². The Kier molecular flexibility index (Phi) is 4.10. The first-order valence-electron chi connectivity index (χ1n) is 5.47. The van der Waals surface area contributed by atoms with Crippen LogP contribution in [0.1, 0.15) is 12.8 Å². The monoisotopic (exact) mass is 238 g/mol. The molecule has 1 aliphatic rings. The fourth-order valence-electron chi connectivity index (χ4n) is 2.51. The van der Waals surface area contributed by atoms with E-state index >= 15 is 0 Å². The fourth-order valence-corrected chi connectivity index (χ4v) is 2.51. The molecule has 0 saturated heterocycles. The molecule has 0 N–H and O–H groups in total. The van der Waals surface area contributed by atoms with Crippen LogP contribution in [0.3, 0.4) is 0 Å². The zero-order valence-corrected chi connectivity index (χ0v) is 10.3. The van der Waals surface area contributed by atoms with E-state index in [1.165, 1.54) is 14.2 Å². The van der Waals surface area contributed by atoms with Crippen LogP contribution in [0.4, 0.5) is 0 Å². The third kappa shape index (κ3) is 2.12. The lowest BCUT2D eigenvalue weighted by atomic mass is 9.85. The van der Waals surface area contributed by atoms with Gasteiger partial charge in [-0.15, -0.1) is 13.2 Å². The summed E-state index contributed by atoms with van der Waals surface area (Å²) in [7, 11) is 2.55. The second-order valence-corrected chi connectivity index (χ2v) is 4.27. The maximum absolute atomic E-state index is 11.9. The highest BCUT2D eigenvalue weighted by atomic mass is 16.5. The third-order valence-corrected chi connectivity index (χ3v) is 3.48. The van der Waals surface area contributed by atoms with Gasteiger partial charge in [0.2, 0.25) is 0 Å². The predicted molar refractivity (Wildman–Crippen MR) is 63.1 cm³/mol. The van der Waals surface area contributed by atoms with E-state index in [2.05, 4.69) is 13.2 Å². The molecule has 0 unspecified atom stereocenters. The number of allylic oxidation sites excluding steroid dienone is 2. The molecule has 4 heteroatoms. The summed E-state index contributed by atoms with van der Waals surface area (Å²) in [5, 5.41) is 0. The molecule has 1 aliphatic carbocycles. The summed E-state index contributed by atoms with van der Waals surface area (Å²) in [6.45, 7) is 7.45. The average Bonchev–Trinajstić information content (AvgIpc) is 2.76. The summed E-state index contributed by atoms with van der Waals surface area (Å²) in [5.41, 5.74) is -1.21. The molecule has 0 aromatic heterocycles. The van der Waals surface area contributed by atoms with Crippen LogP contribution in [0.5, 0.6) is 0 Å². The van der Waals surface area contributed by atoms with Crippen LogP contribution in [0.15, 0.2) is 25.3 Å². The molecular weight excluding hydrogens is 220 g/mol. The van der Waals surface area contributed by atoms with Gasteiger partial charge < -0.3 is 9.47 Å². The van der Waals surface area contributed by atoms with Crippen molar-refractivity contribution in [3.8, 4) is 0 Å². The van der Waals surface area contributed by atoms with Crippen molar-refractivity contribution in [3.63, 3.8) is 0 Å². The number of carbonyl (C=O) groups is 2. The molecule has 0 radical (unpaired) electrons. The van der Waals surface area contributed by atoms with Gasteiger partial charge in [0.25, 0.3) is 0 Å². The first-order chi connectivity index (χ1) is 8.05. The van der Waals surface area contributed by atoms with E-state index < -0.39 is 17.4 Å². The second-order valence-electron chi connectivity index (χ2n) is 4.27. The average molecular weight is 238 g/mol. The van der Waals surface area contributed by atoms with Gasteiger partial charge in [-0.2, -0.15) is 0 Å². The highest BCUT2D eigenvalue weighted by molar-refractivity contribution is 6.00. The Morgan fingerprint density at radius 2 is 1.41 bits per heavy atom. The van der Waals surface area contributed by atoms with Gasteiger partial charge in [-0.1, -0.05) is 12.2 Å². The molecule has 0 aromatic rings. The molecule has 0 spiro atoms. The number of ether oxygens (including phenoxy) is 2. The molecule has 0 aliphatic heterocycles. The van der Waals surface area contributed by atoms with E-state index in [4.69, 9.17) is 9.47 Å². The van der Waals surface area contributed by atoms with Crippen LogP contribution in [-0.4, -0.2) is 26.2 Å². The molecule has 4 nitrogen and oxygen atoms in total. The summed E-state index contributed by atoms with van der Waals surface area (Å²) >= 11 is 0. The fraction of sp³-hybridized carbons (Fsp3) is 0.538. The van der Waals surface area contributed by atoms with E-state index in [1.807, 2.05) is 0 Å². The quantitative estimate of drug-likeness (QED) is 0.425. The third-order valence-electron chi connectivity index (χ3n) is 3.48. The van der Waals surface area contributed by atoms with Crippen LogP contribution in [0.2, 0.25) is 0 Å². The number of methoxy groups -OCH3 is 2. The molecule has 1 saturated carbocycles. The first-order valence-corrected chi connectivity index (χ1v) is 5.47. The van der Waals surface area contributed by atoms with Gasteiger partial charge in [0, 0.05) is 0 Å². The molecular formula is C13H18O4. The Morgan fingerprint density at radius 3 is 1.65 bits per heavy atom. The zero-order chi connectivity index (χ0) is 13.1. The first kappa shape index (κ1) is 13.5. The van der Waals surface area contributed by atoms with Gasteiger partial charge in [-0.25, -0.2) is 0 Å². The normalized spacial score (nSPS) is 26.0. The summed E-state index contributed by atoms with van der Waals surface area (Å²) in [4.78, 5) is 23.7. The lowest BCUT2D eigenvalue weighted by Gasteiger charge is -2.22. The number of carbonyl (C=O) groups excluding carboxylic acids is 2. The van der Waals surface area contributed by atoms with Gasteiger partial charge >= 0.3 is 11.9 Å². The van der Waals surface area contributed by atoms with E-state index in [1.54, 1.807) is 12.2 Å². The predicted octanol–water partition coefficient (Wildman–Crippen LogP) is 1.72. The maximum Gasteiger partial charge on any atom is 0.323 e. The number of hydrogen-bond donors (Lipinski definition) is 0. The maximum atomic E-state index is 11.9. The van der Waals surface area contributed by atoms with Crippen molar-refractivity contribution in [2.45, 2.75) is 12.8 Å². The highest BCUT2D eigenvalue weighted by Gasteiger charge is 2.55. The van der Waals surface area contributed by atoms with Crippen LogP contribution in [0, 0.1) is 17.3 Å². The number of rotatable bonds is 4. The SMILES string of the molecule is C=C[C@@H]1CC(C(=O)OC)(C(=O)OC)C[C@@H]1C=C. The molecule has 1 rings (SSSR count). The zero-order valence-electron chi connectivity index (χ0n) is 10.3. The minimum absolute atomic E-state index is 0.0469. The van der Waals surface area contributed by atoms with Gasteiger partial charge in [-0.3, -0.25) is 9.59 Å². The Bertz CT molecular complexity index is 311. The lowest BCUT2D eigenvalue weighted by Crippen LogP contribution is -2.39. The van der Waals surface area contributed by atoms with Gasteiger partial charge in [-0.05, 0) is 24.7 Å². The van der Waals surface area contributed by atoms with Gasteiger partial charge in [0.05, 0.1) is 14.2 Å². The van der Waals surface area contributed by atoms with Gasteiger partial charge in [0.1, 0.15) is 0 Å². The molecule has 0 amide bonds. The summed E-state index contributed by atoms with van der Waals surface area (Å²) in [5.74, 6) is -0.988. The van der Waals surface area contributed by atoms with E-state index in [0.717, 1.165) is 0 Å². The van der Waals surface area contributed by atoms with Crippen LogP contribution in [0.25, 0.3) is 0 Å². The minimum Gasteiger partial charge on any atom is -0.468 e. The van der Waals surface area contributed by atoms with Crippen molar-refractivity contribution in [2.24, 2.45) is 17.3 Å². The topological polar surface area (TPSA) is 52.6 Å². The minimum atomic E-state index is -1.21. The summed E-state index contributed by atoms with van der Waals surface area (Å²) in [6.07, 6.45) is 4.24. The van der Waals surface area contributed by atoms with E-state index in [9.17, 15) is 9.59 Å². The largest absolute Gasteiger partial charge is 0.468 e. The molecule has 2 atom stereocenters. The molecule has 0 aromatic carbocycles. The van der Waals surface area contributed by atoms with Crippen molar-refractivity contribution >= 4 is 11.9 Å². The Balaban J connectivity index is 3.10. The molecule has 1 fully saturated rings. The highest BCUT2D eigenvalue weighted by Crippen LogP contribution is 2.48. The van der Waals surface area contributed by atoms with E-state index in [-0.39, 0.29) is 11.8 Å². The van der Waals surface area contributed by atoms with Gasteiger partial charge in [0.15, 0.2) is 5.41 Å². The van der Waals surface area contributed by atoms with Crippen molar-refractivity contribution in [2.75, 3.05) is 14.2 Å². The molecule has 94 valence electrons. The second kappa shape index (κ2) is 5.17. The van der Waals surface area contributed by atoms with Crippen molar-refractivity contribution in [1.82, 2.24) is 0 Å².